The molecule has 7 nitrogen and oxygen atoms in total. The molecule has 35 heavy (non-hydrogen) atoms. The molecule has 2 heterocycles. The van der Waals surface area contributed by atoms with E-state index in [0.29, 0.717) is 37.4 Å². The first kappa shape index (κ1) is 23.0. The highest BCUT2D eigenvalue weighted by molar-refractivity contribution is 6.09. The van der Waals surface area contributed by atoms with Gasteiger partial charge in [0.15, 0.2) is 5.78 Å². The molecule has 2 saturated heterocycles. The molecule has 1 atom stereocenters. The third-order valence-electron chi connectivity index (χ3n) is 7.01. The average molecular weight is 475 g/mol. The molecule has 3 amide bonds. The molecule has 0 unspecified atom stereocenters. The molecule has 3 aromatic rings. The van der Waals surface area contributed by atoms with Gasteiger partial charge in [-0.3, -0.25) is 14.5 Å². The van der Waals surface area contributed by atoms with Crippen LogP contribution in [0.1, 0.15) is 29.8 Å². The number of carbonyl (C=O) groups is 3. The van der Waals surface area contributed by atoms with Gasteiger partial charge in [-0.05, 0) is 48.4 Å². The maximum absolute atomic E-state index is 14.6. The molecule has 0 radical (unpaired) electrons. The van der Waals surface area contributed by atoms with Crippen LogP contribution in [-0.4, -0.2) is 60.4 Å². The quantitative estimate of drug-likeness (QED) is 0.451. The van der Waals surface area contributed by atoms with Crippen molar-refractivity contribution < 1.29 is 18.8 Å². The number of imide groups is 1. The SMILES string of the molecule is CC(=O)c1ccc(N2CCN(CN3C(=O)N[C@](C)(c4cccc5ccccc45)C3=O)CC2)c(F)c1. The molecule has 8 heteroatoms. The zero-order chi connectivity index (χ0) is 24.7. The van der Waals surface area contributed by atoms with E-state index >= 15 is 0 Å². The molecule has 0 bridgehead atoms. The van der Waals surface area contributed by atoms with Gasteiger partial charge >= 0.3 is 6.03 Å². The average Bonchev–Trinajstić information content (AvgIpc) is 3.07. The van der Waals surface area contributed by atoms with Crippen molar-refractivity contribution in [3.63, 3.8) is 0 Å². The van der Waals surface area contributed by atoms with Gasteiger partial charge < -0.3 is 10.2 Å². The number of piperazine rings is 1. The summed E-state index contributed by atoms with van der Waals surface area (Å²) in [5.41, 5.74) is 0.415. The molecule has 0 spiro atoms. The number of rotatable bonds is 5. The van der Waals surface area contributed by atoms with E-state index < -0.39 is 17.4 Å². The number of amides is 3. The fourth-order valence-corrected chi connectivity index (χ4v) is 4.98. The summed E-state index contributed by atoms with van der Waals surface area (Å²) in [6.45, 7) is 5.55. The minimum atomic E-state index is -1.15. The number of ketones is 1. The normalized spacial score (nSPS) is 21.0. The van der Waals surface area contributed by atoms with E-state index in [4.69, 9.17) is 0 Å². The monoisotopic (exact) mass is 474 g/mol. The molecule has 0 aromatic heterocycles. The van der Waals surface area contributed by atoms with Gasteiger partial charge in [-0.1, -0.05) is 42.5 Å². The number of anilines is 1. The first-order valence-corrected chi connectivity index (χ1v) is 11.7. The number of carbonyl (C=O) groups excluding carboxylic acids is 3. The van der Waals surface area contributed by atoms with Crippen LogP contribution < -0.4 is 10.2 Å². The second kappa shape index (κ2) is 8.78. The number of urea groups is 1. The third kappa shape index (κ3) is 4.04. The standard InChI is InChI=1S/C27H27FN4O3/c1-18(33)20-10-11-24(23(28)16-20)31-14-12-30(13-15-31)17-32-25(34)27(2,29-26(32)35)22-9-5-7-19-6-3-4-8-21(19)22/h3-11,16H,12-15,17H2,1-2H3,(H,29,35)/t27-/m1/s1. The number of nitrogens with zero attached hydrogens (tertiary/aromatic N) is 3. The zero-order valence-corrected chi connectivity index (χ0v) is 19.8. The van der Waals surface area contributed by atoms with Crippen LogP contribution in [0.4, 0.5) is 14.9 Å². The smallest absolute Gasteiger partial charge is 0.326 e. The predicted octanol–water partition coefficient (Wildman–Crippen LogP) is 3.73. The van der Waals surface area contributed by atoms with Crippen LogP contribution in [0.3, 0.4) is 0 Å². The Hall–Kier alpha value is -3.78. The minimum absolute atomic E-state index is 0.171. The molecule has 2 aliphatic rings. The second-order valence-electron chi connectivity index (χ2n) is 9.28. The summed E-state index contributed by atoms with van der Waals surface area (Å²) < 4.78 is 14.6. The summed E-state index contributed by atoms with van der Waals surface area (Å²) in [6.07, 6.45) is 0. The van der Waals surface area contributed by atoms with Gasteiger partial charge in [0, 0.05) is 31.7 Å². The van der Waals surface area contributed by atoms with E-state index in [1.165, 1.54) is 17.9 Å². The van der Waals surface area contributed by atoms with Crippen molar-refractivity contribution >= 4 is 34.2 Å². The highest BCUT2D eigenvalue weighted by atomic mass is 19.1. The first-order chi connectivity index (χ1) is 16.8. The number of halogens is 1. The number of nitrogens with one attached hydrogen (secondary N) is 1. The predicted molar refractivity (Wildman–Crippen MR) is 132 cm³/mol. The molecule has 180 valence electrons. The van der Waals surface area contributed by atoms with Gasteiger partial charge in [0.2, 0.25) is 0 Å². The van der Waals surface area contributed by atoms with E-state index in [9.17, 15) is 18.8 Å². The van der Waals surface area contributed by atoms with E-state index in [0.717, 1.165) is 16.3 Å². The summed E-state index contributed by atoms with van der Waals surface area (Å²) in [6, 6.07) is 17.7. The van der Waals surface area contributed by atoms with Crippen LogP contribution >= 0.6 is 0 Å². The van der Waals surface area contributed by atoms with Crippen LogP contribution in [0.15, 0.2) is 60.7 Å². The van der Waals surface area contributed by atoms with E-state index in [2.05, 4.69) is 5.32 Å². The number of hydrogen-bond acceptors (Lipinski definition) is 5. The molecule has 2 fully saturated rings. The van der Waals surface area contributed by atoms with Crippen molar-refractivity contribution in [2.75, 3.05) is 37.7 Å². The Kier molecular flexibility index (Phi) is 5.76. The largest absolute Gasteiger partial charge is 0.367 e. The minimum Gasteiger partial charge on any atom is -0.367 e. The molecular formula is C27H27FN4O3. The van der Waals surface area contributed by atoms with Gasteiger partial charge in [-0.25, -0.2) is 14.1 Å². The topological polar surface area (TPSA) is 73.0 Å². The Morgan fingerprint density at radius 3 is 2.43 bits per heavy atom. The lowest BCUT2D eigenvalue weighted by atomic mass is 9.88. The van der Waals surface area contributed by atoms with E-state index in [1.54, 1.807) is 19.1 Å². The highest BCUT2D eigenvalue weighted by Gasteiger charge is 2.50. The van der Waals surface area contributed by atoms with Gasteiger partial charge in [0.25, 0.3) is 5.91 Å². The first-order valence-electron chi connectivity index (χ1n) is 11.7. The zero-order valence-electron chi connectivity index (χ0n) is 19.8. The van der Waals surface area contributed by atoms with Gasteiger partial charge in [0.1, 0.15) is 11.4 Å². The number of Topliss-reactive ketones (excluding diaryl/α,β-unsaturated/α-hetero) is 1. The van der Waals surface area contributed by atoms with Crippen molar-refractivity contribution in [2.45, 2.75) is 19.4 Å². The summed E-state index contributed by atoms with van der Waals surface area (Å²) in [5, 5.41) is 4.84. The van der Waals surface area contributed by atoms with Crippen LogP contribution in [-0.2, 0) is 10.3 Å². The Balaban J connectivity index is 1.28. The number of benzene rings is 3. The van der Waals surface area contributed by atoms with Crippen molar-refractivity contribution in [3.8, 4) is 0 Å². The Morgan fingerprint density at radius 2 is 1.71 bits per heavy atom. The van der Waals surface area contributed by atoms with Crippen molar-refractivity contribution in [1.82, 2.24) is 15.1 Å². The van der Waals surface area contributed by atoms with Crippen molar-refractivity contribution in [2.24, 2.45) is 0 Å². The molecule has 5 rings (SSSR count). The summed E-state index contributed by atoms with van der Waals surface area (Å²) in [5.74, 6) is -0.887. The van der Waals surface area contributed by atoms with Crippen LogP contribution in [0.2, 0.25) is 0 Å². The lowest BCUT2D eigenvalue weighted by Crippen LogP contribution is -2.51. The van der Waals surface area contributed by atoms with Crippen molar-refractivity contribution in [1.29, 1.82) is 0 Å². The molecule has 0 saturated carbocycles. The Labute approximate surface area is 203 Å². The fraction of sp³-hybridized carbons (Fsp3) is 0.296. The summed E-state index contributed by atoms with van der Waals surface area (Å²) in [4.78, 5) is 43.1. The Morgan fingerprint density at radius 1 is 1.00 bits per heavy atom. The highest BCUT2D eigenvalue weighted by Crippen LogP contribution is 2.34. The molecule has 0 aliphatic carbocycles. The maximum atomic E-state index is 14.6. The third-order valence-corrected chi connectivity index (χ3v) is 7.01. The van der Waals surface area contributed by atoms with E-state index in [-0.39, 0.29) is 18.4 Å². The van der Waals surface area contributed by atoms with Gasteiger partial charge in [0.05, 0.1) is 12.4 Å². The van der Waals surface area contributed by atoms with Crippen LogP contribution in [0, 0.1) is 5.82 Å². The van der Waals surface area contributed by atoms with Gasteiger partial charge in [-0.2, -0.15) is 0 Å². The summed E-state index contributed by atoms with van der Waals surface area (Å²) >= 11 is 0. The van der Waals surface area contributed by atoms with Crippen LogP contribution in [0.25, 0.3) is 10.8 Å². The van der Waals surface area contributed by atoms with Crippen LogP contribution in [0.5, 0.6) is 0 Å². The molecule has 2 aliphatic heterocycles. The van der Waals surface area contributed by atoms with Gasteiger partial charge in [-0.15, -0.1) is 0 Å². The number of fused-ring (bicyclic) bond motifs is 1. The molecular weight excluding hydrogens is 447 g/mol. The summed E-state index contributed by atoms with van der Waals surface area (Å²) in [7, 11) is 0. The Bertz CT molecular complexity index is 1330. The number of hydrogen-bond donors (Lipinski definition) is 1. The maximum Gasteiger partial charge on any atom is 0.326 e. The van der Waals surface area contributed by atoms with Crippen molar-refractivity contribution in [3.05, 3.63) is 77.6 Å². The fourth-order valence-electron chi connectivity index (χ4n) is 4.98. The van der Waals surface area contributed by atoms with E-state index in [1.807, 2.05) is 52.3 Å². The lowest BCUT2D eigenvalue weighted by molar-refractivity contribution is -0.132. The molecule has 1 N–H and O–H groups in total. The second-order valence-corrected chi connectivity index (χ2v) is 9.28. The molecule has 3 aromatic carbocycles. The lowest BCUT2D eigenvalue weighted by Gasteiger charge is -2.37.